The summed E-state index contributed by atoms with van der Waals surface area (Å²) in [4.78, 5) is 17.3. The predicted octanol–water partition coefficient (Wildman–Crippen LogP) is 4.46. The van der Waals surface area contributed by atoms with E-state index in [2.05, 4.69) is 17.2 Å². The van der Waals surface area contributed by atoms with Gasteiger partial charge in [0.15, 0.2) is 5.17 Å². The molecule has 4 nitrogen and oxygen atoms in total. The quantitative estimate of drug-likeness (QED) is 0.802. The fourth-order valence-electron chi connectivity index (χ4n) is 2.63. The lowest BCUT2D eigenvalue weighted by Crippen LogP contribution is -2.19. The molecule has 3 rings (SSSR count). The summed E-state index contributed by atoms with van der Waals surface area (Å²) < 4.78 is 0. The number of aromatic hydroxyl groups is 1. The Morgan fingerprint density at radius 2 is 1.80 bits per heavy atom. The van der Waals surface area contributed by atoms with Gasteiger partial charge in [0.05, 0.1) is 10.6 Å². The van der Waals surface area contributed by atoms with Crippen LogP contribution in [0.25, 0.3) is 6.08 Å². The summed E-state index contributed by atoms with van der Waals surface area (Å²) in [5.41, 5.74) is 4.54. The number of hydrogen-bond acceptors (Lipinski definition) is 4. The molecule has 0 aromatic heterocycles. The third kappa shape index (κ3) is 3.94. The Labute approximate surface area is 151 Å². The average molecular weight is 352 g/mol. The second-order valence-electron chi connectivity index (χ2n) is 6.01. The Morgan fingerprint density at radius 1 is 1.16 bits per heavy atom. The highest BCUT2D eigenvalue weighted by Crippen LogP contribution is 2.30. The zero-order chi connectivity index (χ0) is 18.0. The van der Waals surface area contributed by atoms with Gasteiger partial charge in [0, 0.05) is 0 Å². The van der Waals surface area contributed by atoms with E-state index in [1.807, 2.05) is 56.3 Å². The van der Waals surface area contributed by atoms with Gasteiger partial charge in [0.25, 0.3) is 5.91 Å². The van der Waals surface area contributed by atoms with Gasteiger partial charge in [-0.1, -0.05) is 19.1 Å². The number of thioether (sulfide) groups is 1. The molecule has 2 aromatic rings. The fraction of sp³-hybridized carbons (Fsp3) is 0.200. The lowest BCUT2D eigenvalue weighted by atomic mass is 10.1. The summed E-state index contributed by atoms with van der Waals surface area (Å²) in [6.07, 6.45) is 2.81. The first-order valence-electron chi connectivity index (χ1n) is 8.15. The number of amides is 1. The third-order valence-electron chi connectivity index (χ3n) is 4.04. The molecule has 2 N–H and O–H groups in total. The molecule has 0 atom stereocenters. The first kappa shape index (κ1) is 17.3. The van der Waals surface area contributed by atoms with Crippen molar-refractivity contribution in [3.8, 4) is 5.75 Å². The number of carbonyl (C=O) groups is 1. The lowest BCUT2D eigenvalue weighted by molar-refractivity contribution is -0.115. The Morgan fingerprint density at radius 3 is 2.40 bits per heavy atom. The van der Waals surface area contributed by atoms with Gasteiger partial charge in [-0.3, -0.25) is 4.79 Å². The van der Waals surface area contributed by atoms with Crippen molar-refractivity contribution in [3.63, 3.8) is 0 Å². The maximum absolute atomic E-state index is 12.2. The van der Waals surface area contributed by atoms with Gasteiger partial charge in [-0.15, -0.1) is 0 Å². The maximum Gasteiger partial charge on any atom is 0.264 e. The van der Waals surface area contributed by atoms with E-state index in [4.69, 9.17) is 0 Å². The molecular formula is C20H20N2O2S. The van der Waals surface area contributed by atoms with Crippen molar-refractivity contribution in [2.45, 2.75) is 27.2 Å². The SMILES string of the molecule is CCc1ccc(N=C2NC(=O)/C(=C/c3cc(C)c(O)c(C)c3)S2)cc1. The highest BCUT2D eigenvalue weighted by Gasteiger charge is 2.23. The number of phenolic OH excluding ortho intramolecular Hbond substituents is 1. The molecule has 0 bridgehead atoms. The largest absolute Gasteiger partial charge is 0.507 e. The first-order chi connectivity index (χ1) is 12.0. The van der Waals surface area contributed by atoms with Crippen LogP contribution < -0.4 is 5.32 Å². The van der Waals surface area contributed by atoms with Crippen LogP contribution in [0.1, 0.15) is 29.2 Å². The summed E-state index contributed by atoms with van der Waals surface area (Å²) in [5.74, 6) is 0.140. The zero-order valence-electron chi connectivity index (χ0n) is 14.5. The summed E-state index contributed by atoms with van der Waals surface area (Å²) in [5, 5.41) is 13.2. The average Bonchev–Trinajstić information content (AvgIpc) is 2.92. The molecule has 1 fully saturated rings. The molecule has 5 heteroatoms. The maximum atomic E-state index is 12.2. The van der Waals surface area contributed by atoms with Crippen molar-refractivity contribution in [3.05, 3.63) is 63.6 Å². The summed E-state index contributed by atoms with van der Waals surface area (Å²) in [6.45, 7) is 5.80. The topological polar surface area (TPSA) is 61.7 Å². The van der Waals surface area contributed by atoms with Gasteiger partial charge < -0.3 is 10.4 Å². The van der Waals surface area contributed by atoms with E-state index in [1.165, 1.54) is 17.3 Å². The van der Waals surface area contributed by atoms with E-state index in [0.29, 0.717) is 15.8 Å². The molecule has 1 aliphatic heterocycles. The smallest absolute Gasteiger partial charge is 0.264 e. The Bertz CT molecular complexity index is 860. The number of aliphatic imine (C=N–C) groups is 1. The first-order valence-corrected chi connectivity index (χ1v) is 8.96. The van der Waals surface area contributed by atoms with Crippen LogP contribution >= 0.6 is 11.8 Å². The molecule has 0 unspecified atom stereocenters. The van der Waals surface area contributed by atoms with Crippen LogP contribution in [0.5, 0.6) is 5.75 Å². The van der Waals surface area contributed by atoms with Gasteiger partial charge in [0.2, 0.25) is 0 Å². The number of nitrogens with one attached hydrogen (secondary N) is 1. The van der Waals surface area contributed by atoms with Crippen molar-refractivity contribution >= 4 is 34.6 Å². The molecule has 2 aromatic carbocycles. The fourth-order valence-corrected chi connectivity index (χ4v) is 3.47. The Hall–Kier alpha value is -2.53. The number of carbonyl (C=O) groups excluding carboxylic acids is 1. The molecule has 0 aliphatic carbocycles. The van der Waals surface area contributed by atoms with Gasteiger partial charge in [0.1, 0.15) is 5.75 Å². The minimum absolute atomic E-state index is 0.155. The molecule has 1 heterocycles. The predicted molar refractivity (Wildman–Crippen MR) is 104 cm³/mol. The zero-order valence-corrected chi connectivity index (χ0v) is 15.3. The molecule has 1 amide bonds. The van der Waals surface area contributed by atoms with Gasteiger partial charge in [-0.05, 0) is 84.6 Å². The van der Waals surface area contributed by atoms with Gasteiger partial charge in [-0.25, -0.2) is 4.99 Å². The van der Waals surface area contributed by atoms with Crippen LogP contribution in [0, 0.1) is 13.8 Å². The molecule has 128 valence electrons. The van der Waals surface area contributed by atoms with Crippen LogP contribution in [0.2, 0.25) is 0 Å². The number of nitrogens with zero attached hydrogens (tertiary/aromatic N) is 1. The second-order valence-corrected chi connectivity index (χ2v) is 7.04. The minimum atomic E-state index is -0.155. The van der Waals surface area contributed by atoms with Crippen molar-refractivity contribution in [2.75, 3.05) is 0 Å². The summed E-state index contributed by atoms with van der Waals surface area (Å²) >= 11 is 1.32. The van der Waals surface area contributed by atoms with Gasteiger partial charge in [-0.2, -0.15) is 0 Å². The van der Waals surface area contributed by atoms with E-state index >= 15 is 0 Å². The van der Waals surface area contributed by atoms with Crippen LogP contribution in [-0.2, 0) is 11.2 Å². The van der Waals surface area contributed by atoms with Crippen molar-refractivity contribution in [2.24, 2.45) is 4.99 Å². The van der Waals surface area contributed by atoms with E-state index in [1.54, 1.807) is 0 Å². The second kappa shape index (κ2) is 7.15. The molecular weight excluding hydrogens is 332 g/mol. The van der Waals surface area contributed by atoms with Crippen molar-refractivity contribution in [1.82, 2.24) is 5.32 Å². The van der Waals surface area contributed by atoms with E-state index in [0.717, 1.165) is 28.8 Å². The minimum Gasteiger partial charge on any atom is -0.507 e. The molecule has 1 saturated heterocycles. The van der Waals surface area contributed by atoms with Crippen LogP contribution in [0.15, 0.2) is 46.3 Å². The van der Waals surface area contributed by atoms with E-state index < -0.39 is 0 Å². The number of rotatable bonds is 3. The van der Waals surface area contributed by atoms with E-state index in [-0.39, 0.29) is 5.91 Å². The summed E-state index contributed by atoms with van der Waals surface area (Å²) in [7, 11) is 0. The number of amidine groups is 1. The Balaban J connectivity index is 1.83. The van der Waals surface area contributed by atoms with Crippen molar-refractivity contribution < 1.29 is 9.90 Å². The molecule has 25 heavy (non-hydrogen) atoms. The highest BCUT2D eigenvalue weighted by atomic mass is 32.2. The lowest BCUT2D eigenvalue weighted by Gasteiger charge is -2.05. The molecule has 0 radical (unpaired) electrons. The Kier molecular flexibility index (Phi) is 4.95. The van der Waals surface area contributed by atoms with Crippen LogP contribution in [-0.4, -0.2) is 16.2 Å². The van der Waals surface area contributed by atoms with Crippen LogP contribution in [0.3, 0.4) is 0 Å². The number of phenols is 1. The molecule has 0 saturated carbocycles. The number of benzene rings is 2. The molecule has 1 aliphatic rings. The third-order valence-corrected chi connectivity index (χ3v) is 4.95. The van der Waals surface area contributed by atoms with Crippen LogP contribution in [0.4, 0.5) is 5.69 Å². The normalized spacial score (nSPS) is 17.3. The molecule has 0 spiro atoms. The number of hydrogen-bond donors (Lipinski definition) is 2. The van der Waals surface area contributed by atoms with E-state index in [9.17, 15) is 9.90 Å². The standard InChI is InChI=1S/C20H20N2O2S/c1-4-14-5-7-16(8-6-14)21-20-22-19(24)17(25-20)11-15-9-12(2)18(23)13(3)10-15/h5-11,23H,4H2,1-3H3,(H,21,22,24)/b17-11-. The summed E-state index contributed by atoms with van der Waals surface area (Å²) in [6, 6.07) is 11.7. The number of aryl methyl sites for hydroxylation is 3. The highest BCUT2D eigenvalue weighted by molar-refractivity contribution is 8.18. The van der Waals surface area contributed by atoms with Crippen molar-refractivity contribution in [1.29, 1.82) is 0 Å². The monoisotopic (exact) mass is 352 g/mol. The van der Waals surface area contributed by atoms with Gasteiger partial charge >= 0.3 is 0 Å².